The van der Waals surface area contributed by atoms with Crippen molar-refractivity contribution in [2.75, 3.05) is 6.54 Å². The highest BCUT2D eigenvalue weighted by Crippen LogP contribution is 2.33. The van der Waals surface area contributed by atoms with Crippen LogP contribution in [0.1, 0.15) is 34.3 Å². The van der Waals surface area contributed by atoms with Gasteiger partial charge in [0, 0.05) is 16.9 Å². The third-order valence-electron chi connectivity index (χ3n) is 3.75. The first-order chi connectivity index (χ1) is 9.54. The second-order valence-corrected chi connectivity index (χ2v) is 6.01. The lowest BCUT2D eigenvalue weighted by atomic mass is 9.86. The molecule has 0 spiro atoms. The van der Waals surface area contributed by atoms with Crippen LogP contribution in [0.2, 0.25) is 0 Å². The van der Waals surface area contributed by atoms with E-state index in [1.54, 1.807) is 0 Å². The van der Waals surface area contributed by atoms with Crippen molar-refractivity contribution in [1.29, 1.82) is 0 Å². The first kappa shape index (κ1) is 15.2. The van der Waals surface area contributed by atoms with Crippen molar-refractivity contribution in [3.05, 3.63) is 69.2 Å². The minimum atomic E-state index is -0.590. The molecule has 0 amide bonds. The first-order valence-electron chi connectivity index (χ1n) is 6.74. The molecule has 2 unspecified atom stereocenters. The summed E-state index contributed by atoms with van der Waals surface area (Å²) in [4.78, 5) is 0. The van der Waals surface area contributed by atoms with E-state index in [9.17, 15) is 5.11 Å². The summed E-state index contributed by atoms with van der Waals surface area (Å²) in [6, 6.07) is 14.0. The van der Waals surface area contributed by atoms with E-state index in [4.69, 9.17) is 5.73 Å². The lowest BCUT2D eigenvalue weighted by Gasteiger charge is -2.24. The van der Waals surface area contributed by atoms with Gasteiger partial charge >= 0.3 is 0 Å². The van der Waals surface area contributed by atoms with Crippen LogP contribution in [-0.2, 0) is 0 Å². The van der Waals surface area contributed by atoms with E-state index in [2.05, 4.69) is 28.9 Å². The van der Waals surface area contributed by atoms with Crippen LogP contribution in [0.5, 0.6) is 0 Å². The Kier molecular flexibility index (Phi) is 4.97. The molecule has 0 bridgehead atoms. The number of hydrogen-bond acceptors (Lipinski definition) is 2. The number of benzene rings is 2. The van der Waals surface area contributed by atoms with Crippen molar-refractivity contribution in [1.82, 2.24) is 0 Å². The molecule has 20 heavy (non-hydrogen) atoms. The molecule has 3 heteroatoms. The third kappa shape index (κ3) is 3.11. The average molecular weight is 334 g/mol. The Morgan fingerprint density at radius 3 is 2.40 bits per heavy atom. The monoisotopic (exact) mass is 333 g/mol. The van der Waals surface area contributed by atoms with Gasteiger partial charge in [0.05, 0.1) is 6.10 Å². The van der Waals surface area contributed by atoms with Crippen molar-refractivity contribution >= 4 is 15.9 Å². The number of hydrogen-bond donors (Lipinski definition) is 2. The van der Waals surface area contributed by atoms with Gasteiger partial charge in [-0.25, -0.2) is 0 Å². The van der Waals surface area contributed by atoms with Gasteiger partial charge in [0.2, 0.25) is 0 Å². The largest absolute Gasteiger partial charge is 0.388 e. The van der Waals surface area contributed by atoms with Gasteiger partial charge in [0.1, 0.15) is 0 Å². The summed E-state index contributed by atoms with van der Waals surface area (Å²) >= 11 is 3.48. The molecule has 3 N–H and O–H groups in total. The fourth-order valence-electron chi connectivity index (χ4n) is 2.51. The van der Waals surface area contributed by atoms with Crippen LogP contribution >= 0.6 is 15.9 Å². The van der Waals surface area contributed by atoms with Crippen LogP contribution in [0.15, 0.2) is 46.9 Å². The van der Waals surface area contributed by atoms with Crippen molar-refractivity contribution in [2.45, 2.75) is 25.9 Å². The molecule has 0 aliphatic carbocycles. The maximum Gasteiger partial charge on any atom is 0.0870 e. The zero-order valence-corrected chi connectivity index (χ0v) is 13.4. The first-order valence-corrected chi connectivity index (χ1v) is 7.53. The summed E-state index contributed by atoms with van der Waals surface area (Å²) in [5.41, 5.74) is 10.2. The second-order valence-electron chi connectivity index (χ2n) is 5.15. The van der Waals surface area contributed by atoms with Crippen LogP contribution in [-0.4, -0.2) is 11.7 Å². The normalized spacial score (nSPS) is 14.1. The van der Waals surface area contributed by atoms with Gasteiger partial charge in [0.25, 0.3) is 0 Å². The molecule has 2 aromatic carbocycles. The lowest BCUT2D eigenvalue weighted by Crippen LogP contribution is -2.21. The van der Waals surface area contributed by atoms with Crippen LogP contribution in [0.4, 0.5) is 0 Å². The van der Waals surface area contributed by atoms with E-state index in [-0.39, 0.29) is 5.92 Å². The van der Waals surface area contributed by atoms with E-state index in [0.29, 0.717) is 6.54 Å². The molecule has 2 aromatic rings. The van der Waals surface area contributed by atoms with Gasteiger partial charge in [-0.3, -0.25) is 0 Å². The Bertz CT molecular complexity index is 597. The Balaban J connectivity index is 2.36. The summed E-state index contributed by atoms with van der Waals surface area (Å²) in [5.74, 6) is -0.0863. The maximum absolute atomic E-state index is 10.7. The average Bonchev–Trinajstić information content (AvgIpc) is 2.44. The molecule has 2 atom stereocenters. The molecule has 0 aliphatic rings. The summed E-state index contributed by atoms with van der Waals surface area (Å²) in [5, 5.41) is 10.7. The van der Waals surface area contributed by atoms with Crippen LogP contribution in [0.3, 0.4) is 0 Å². The Labute approximate surface area is 128 Å². The highest BCUT2D eigenvalue weighted by atomic mass is 79.9. The molecule has 0 fully saturated rings. The van der Waals surface area contributed by atoms with Crippen LogP contribution in [0.25, 0.3) is 0 Å². The van der Waals surface area contributed by atoms with E-state index < -0.39 is 6.10 Å². The molecule has 106 valence electrons. The molecule has 0 radical (unpaired) electrons. The molecule has 0 aromatic heterocycles. The van der Waals surface area contributed by atoms with Gasteiger partial charge in [0.15, 0.2) is 0 Å². The van der Waals surface area contributed by atoms with Crippen molar-refractivity contribution < 1.29 is 5.11 Å². The summed E-state index contributed by atoms with van der Waals surface area (Å²) in [6.45, 7) is 4.49. The van der Waals surface area contributed by atoms with E-state index in [0.717, 1.165) is 26.7 Å². The van der Waals surface area contributed by atoms with Gasteiger partial charge in [-0.2, -0.15) is 0 Å². The molecular formula is C17H20BrNO. The SMILES string of the molecule is Cc1cc(C(O)C(CN)c2ccccc2C)ccc1Br. The molecule has 0 aliphatic heterocycles. The van der Waals surface area contributed by atoms with Gasteiger partial charge in [-0.1, -0.05) is 52.3 Å². The van der Waals surface area contributed by atoms with Crippen LogP contribution < -0.4 is 5.73 Å². The van der Waals surface area contributed by atoms with Crippen molar-refractivity contribution in [2.24, 2.45) is 5.73 Å². The zero-order chi connectivity index (χ0) is 14.7. The maximum atomic E-state index is 10.7. The lowest BCUT2D eigenvalue weighted by molar-refractivity contribution is 0.147. The minimum Gasteiger partial charge on any atom is -0.388 e. The molecule has 0 saturated carbocycles. The number of aliphatic hydroxyl groups excluding tert-OH is 1. The summed E-state index contributed by atoms with van der Waals surface area (Å²) in [7, 11) is 0. The number of halogens is 1. The summed E-state index contributed by atoms with van der Waals surface area (Å²) < 4.78 is 1.05. The van der Waals surface area contributed by atoms with E-state index in [1.807, 2.05) is 43.3 Å². The van der Waals surface area contributed by atoms with Crippen LogP contribution in [0, 0.1) is 13.8 Å². The van der Waals surface area contributed by atoms with Gasteiger partial charge in [-0.15, -0.1) is 0 Å². The predicted octanol–water partition coefficient (Wildman–Crippen LogP) is 3.84. The minimum absolute atomic E-state index is 0.0863. The Morgan fingerprint density at radius 2 is 1.80 bits per heavy atom. The molecule has 0 heterocycles. The topological polar surface area (TPSA) is 46.2 Å². The fraction of sp³-hybridized carbons (Fsp3) is 0.294. The molecule has 2 nitrogen and oxygen atoms in total. The Morgan fingerprint density at radius 1 is 1.10 bits per heavy atom. The second kappa shape index (κ2) is 6.53. The molecule has 2 rings (SSSR count). The predicted molar refractivity (Wildman–Crippen MR) is 86.8 cm³/mol. The van der Waals surface area contributed by atoms with Crippen molar-refractivity contribution in [3.63, 3.8) is 0 Å². The number of aryl methyl sites for hydroxylation is 2. The van der Waals surface area contributed by atoms with Gasteiger partial charge < -0.3 is 10.8 Å². The van der Waals surface area contributed by atoms with E-state index in [1.165, 1.54) is 0 Å². The number of aliphatic hydroxyl groups is 1. The number of rotatable bonds is 4. The zero-order valence-electron chi connectivity index (χ0n) is 11.8. The van der Waals surface area contributed by atoms with Crippen molar-refractivity contribution in [3.8, 4) is 0 Å². The van der Waals surface area contributed by atoms with Gasteiger partial charge in [-0.05, 0) is 42.2 Å². The number of nitrogens with two attached hydrogens (primary N) is 1. The highest BCUT2D eigenvalue weighted by Gasteiger charge is 2.23. The third-order valence-corrected chi connectivity index (χ3v) is 4.64. The standard InChI is InChI=1S/C17H20BrNO/c1-11-5-3-4-6-14(11)15(10-19)17(20)13-7-8-16(18)12(2)9-13/h3-9,15,17,20H,10,19H2,1-2H3. The summed E-state index contributed by atoms with van der Waals surface area (Å²) in [6.07, 6.45) is -0.590. The Hall–Kier alpha value is -1.16. The smallest absolute Gasteiger partial charge is 0.0870 e. The fourth-order valence-corrected chi connectivity index (χ4v) is 2.76. The van der Waals surface area contributed by atoms with E-state index >= 15 is 0 Å². The molecule has 0 saturated heterocycles. The molecular weight excluding hydrogens is 314 g/mol. The quantitative estimate of drug-likeness (QED) is 0.892. The highest BCUT2D eigenvalue weighted by molar-refractivity contribution is 9.10.